The van der Waals surface area contributed by atoms with E-state index in [1.165, 1.54) is 23.9 Å². The number of benzene rings is 3. The molecule has 3 aromatic carbocycles. The van der Waals surface area contributed by atoms with Gasteiger partial charge < -0.3 is 9.84 Å². The van der Waals surface area contributed by atoms with Crippen LogP contribution in [0, 0.1) is 0 Å². The smallest absolute Gasteiger partial charge is 0.335 e. The molecule has 0 unspecified atom stereocenters. The number of para-hydroxylation sites is 1. The van der Waals surface area contributed by atoms with Crippen LogP contribution in [0.1, 0.15) is 28.4 Å². The second-order valence-electron chi connectivity index (χ2n) is 7.36. The van der Waals surface area contributed by atoms with Crippen LogP contribution in [0.5, 0.6) is 5.75 Å². The Kier molecular flexibility index (Phi) is 7.49. The standard InChI is InChI=1S/C26H21BrN2O4S/c1-2-29-24(30)23(34-26(29)28-21-13-9-18(10-14-21)25(31)32)15-19-5-3-4-6-22(19)33-16-17-7-11-20(27)12-8-17/h3-15H,2,16H2,1H3,(H,31,32)/b23-15-,28-26?. The highest BCUT2D eigenvalue weighted by atomic mass is 79.9. The van der Waals surface area contributed by atoms with Crippen LogP contribution >= 0.6 is 27.7 Å². The molecule has 6 nitrogen and oxygen atoms in total. The van der Waals surface area contributed by atoms with Gasteiger partial charge in [0.05, 0.1) is 16.2 Å². The monoisotopic (exact) mass is 536 g/mol. The maximum absolute atomic E-state index is 13.0. The first-order valence-electron chi connectivity index (χ1n) is 10.5. The van der Waals surface area contributed by atoms with Crippen molar-refractivity contribution in [2.75, 3.05) is 6.54 Å². The van der Waals surface area contributed by atoms with Gasteiger partial charge in [0.25, 0.3) is 5.91 Å². The number of nitrogens with zero attached hydrogens (tertiary/aromatic N) is 2. The van der Waals surface area contributed by atoms with Crippen molar-refractivity contribution in [2.45, 2.75) is 13.5 Å². The van der Waals surface area contributed by atoms with Crippen molar-refractivity contribution in [1.82, 2.24) is 4.90 Å². The first-order chi connectivity index (χ1) is 16.4. The van der Waals surface area contributed by atoms with Gasteiger partial charge in [-0.25, -0.2) is 9.79 Å². The number of halogens is 1. The van der Waals surface area contributed by atoms with Gasteiger partial charge in [-0.2, -0.15) is 0 Å². The predicted octanol–water partition coefficient (Wildman–Crippen LogP) is 6.35. The van der Waals surface area contributed by atoms with Crippen LogP contribution < -0.4 is 4.74 Å². The number of hydrogen-bond donors (Lipinski definition) is 1. The van der Waals surface area contributed by atoms with Gasteiger partial charge in [0.1, 0.15) is 12.4 Å². The fourth-order valence-electron chi connectivity index (χ4n) is 3.27. The molecule has 1 heterocycles. The van der Waals surface area contributed by atoms with Crippen LogP contribution in [0.15, 0.2) is 87.2 Å². The lowest BCUT2D eigenvalue weighted by atomic mass is 10.1. The highest BCUT2D eigenvalue weighted by Gasteiger charge is 2.32. The van der Waals surface area contributed by atoms with Gasteiger partial charge in [0.15, 0.2) is 5.17 Å². The Morgan fingerprint density at radius 1 is 1.09 bits per heavy atom. The molecule has 0 saturated carbocycles. The van der Waals surface area contributed by atoms with Crippen molar-refractivity contribution >= 4 is 56.5 Å². The van der Waals surface area contributed by atoms with Crippen molar-refractivity contribution in [2.24, 2.45) is 4.99 Å². The first kappa shape index (κ1) is 23.8. The van der Waals surface area contributed by atoms with Crippen molar-refractivity contribution < 1.29 is 19.4 Å². The number of aromatic carboxylic acids is 1. The molecule has 1 amide bonds. The summed E-state index contributed by atoms with van der Waals surface area (Å²) in [4.78, 5) is 30.8. The summed E-state index contributed by atoms with van der Waals surface area (Å²) < 4.78 is 7.05. The molecule has 3 aromatic rings. The van der Waals surface area contributed by atoms with E-state index >= 15 is 0 Å². The fourth-order valence-corrected chi connectivity index (χ4v) is 4.59. The molecule has 1 N–H and O–H groups in total. The van der Waals surface area contributed by atoms with Gasteiger partial charge in [-0.15, -0.1) is 0 Å². The number of amidine groups is 1. The fraction of sp³-hybridized carbons (Fsp3) is 0.115. The number of aliphatic imine (C=N–C) groups is 1. The van der Waals surface area contributed by atoms with Crippen LogP contribution in [-0.4, -0.2) is 33.6 Å². The Morgan fingerprint density at radius 2 is 1.79 bits per heavy atom. The molecule has 1 saturated heterocycles. The lowest BCUT2D eigenvalue weighted by Crippen LogP contribution is -2.28. The largest absolute Gasteiger partial charge is 0.488 e. The molecule has 172 valence electrons. The van der Waals surface area contributed by atoms with Gasteiger partial charge in [0.2, 0.25) is 0 Å². The first-order valence-corrected chi connectivity index (χ1v) is 12.2. The predicted molar refractivity (Wildman–Crippen MR) is 138 cm³/mol. The summed E-state index contributed by atoms with van der Waals surface area (Å²) in [5, 5.41) is 9.62. The summed E-state index contributed by atoms with van der Waals surface area (Å²) in [7, 11) is 0. The Morgan fingerprint density at radius 3 is 2.47 bits per heavy atom. The number of carboxylic acid groups (broad SMARTS) is 1. The summed E-state index contributed by atoms with van der Waals surface area (Å²) in [6.45, 7) is 2.77. The average Bonchev–Trinajstić information content (AvgIpc) is 3.13. The van der Waals surface area contributed by atoms with E-state index in [9.17, 15) is 9.59 Å². The molecule has 0 radical (unpaired) electrons. The lowest BCUT2D eigenvalue weighted by molar-refractivity contribution is -0.122. The third kappa shape index (κ3) is 5.58. The number of thioether (sulfide) groups is 1. The van der Waals surface area contributed by atoms with Crippen LogP contribution in [-0.2, 0) is 11.4 Å². The molecule has 1 aliphatic heterocycles. The highest BCUT2D eigenvalue weighted by molar-refractivity contribution is 9.10. The molecule has 0 bridgehead atoms. The van der Waals surface area contributed by atoms with E-state index in [0.29, 0.717) is 34.7 Å². The molecule has 0 atom stereocenters. The summed E-state index contributed by atoms with van der Waals surface area (Å²) in [6.07, 6.45) is 1.82. The summed E-state index contributed by atoms with van der Waals surface area (Å²) in [6, 6.07) is 21.8. The van der Waals surface area contributed by atoms with E-state index in [4.69, 9.17) is 9.84 Å². The minimum Gasteiger partial charge on any atom is -0.488 e. The van der Waals surface area contributed by atoms with E-state index in [2.05, 4.69) is 20.9 Å². The Bertz CT molecular complexity index is 1270. The maximum atomic E-state index is 13.0. The Hall–Kier alpha value is -3.36. The number of hydrogen-bond acceptors (Lipinski definition) is 5. The molecule has 1 aliphatic rings. The van der Waals surface area contributed by atoms with Crippen molar-refractivity contribution in [1.29, 1.82) is 0 Å². The number of ether oxygens (including phenoxy) is 1. The third-order valence-corrected chi connectivity index (χ3v) is 6.59. The maximum Gasteiger partial charge on any atom is 0.335 e. The van der Waals surface area contributed by atoms with Gasteiger partial charge >= 0.3 is 5.97 Å². The molecule has 0 spiro atoms. The van der Waals surface area contributed by atoms with E-state index in [1.807, 2.05) is 61.5 Å². The molecule has 0 aromatic heterocycles. The van der Waals surface area contributed by atoms with Gasteiger partial charge in [-0.05, 0) is 72.8 Å². The Labute approximate surface area is 210 Å². The average molecular weight is 537 g/mol. The van der Waals surface area contributed by atoms with E-state index in [0.717, 1.165) is 15.6 Å². The molecular weight excluding hydrogens is 516 g/mol. The lowest BCUT2D eigenvalue weighted by Gasteiger charge is -2.12. The minimum atomic E-state index is -0.994. The molecule has 1 fully saturated rings. The van der Waals surface area contributed by atoms with Crippen LogP contribution in [0.2, 0.25) is 0 Å². The molecule has 0 aliphatic carbocycles. The molecule has 4 rings (SSSR count). The quantitative estimate of drug-likeness (QED) is 0.356. The van der Waals surface area contributed by atoms with Gasteiger partial charge in [0, 0.05) is 16.6 Å². The van der Waals surface area contributed by atoms with E-state index in [-0.39, 0.29) is 11.5 Å². The van der Waals surface area contributed by atoms with E-state index in [1.54, 1.807) is 17.0 Å². The van der Waals surface area contributed by atoms with Gasteiger partial charge in [-0.1, -0.05) is 46.3 Å². The summed E-state index contributed by atoms with van der Waals surface area (Å²) >= 11 is 4.72. The number of likely N-dealkylation sites (N-methyl/N-ethyl adjacent to an activating group) is 1. The summed E-state index contributed by atoms with van der Waals surface area (Å²) in [5.41, 5.74) is 2.61. The SMILES string of the molecule is CCN1C(=O)/C(=C/c2ccccc2OCc2ccc(Br)cc2)SC1=Nc1ccc(C(=O)O)cc1. The zero-order valence-corrected chi connectivity index (χ0v) is 20.7. The van der Waals surface area contributed by atoms with Crippen LogP contribution in [0.4, 0.5) is 5.69 Å². The molecule has 8 heteroatoms. The molecular formula is C26H21BrN2O4S. The van der Waals surface area contributed by atoms with Crippen molar-refractivity contribution in [3.8, 4) is 5.75 Å². The normalized spacial score (nSPS) is 15.8. The summed E-state index contributed by atoms with van der Waals surface area (Å²) in [5.74, 6) is -0.439. The number of rotatable bonds is 7. The zero-order valence-electron chi connectivity index (χ0n) is 18.3. The van der Waals surface area contributed by atoms with Crippen molar-refractivity contribution in [3.05, 3.63) is 98.9 Å². The van der Waals surface area contributed by atoms with E-state index < -0.39 is 5.97 Å². The zero-order chi connectivity index (χ0) is 24.1. The van der Waals surface area contributed by atoms with Crippen LogP contribution in [0.25, 0.3) is 6.08 Å². The second-order valence-corrected chi connectivity index (χ2v) is 9.28. The van der Waals surface area contributed by atoms with Crippen LogP contribution in [0.3, 0.4) is 0 Å². The Balaban J connectivity index is 1.56. The second kappa shape index (κ2) is 10.7. The number of carboxylic acids is 1. The highest BCUT2D eigenvalue weighted by Crippen LogP contribution is 2.35. The number of carbonyl (C=O) groups is 2. The molecule has 34 heavy (non-hydrogen) atoms. The number of carbonyl (C=O) groups excluding carboxylic acids is 1. The third-order valence-electron chi connectivity index (χ3n) is 5.06. The van der Waals surface area contributed by atoms with Crippen molar-refractivity contribution in [3.63, 3.8) is 0 Å². The number of amides is 1. The topological polar surface area (TPSA) is 79.2 Å². The minimum absolute atomic E-state index is 0.129. The van der Waals surface area contributed by atoms with Gasteiger partial charge in [-0.3, -0.25) is 9.69 Å².